The van der Waals surface area contributed by atoms with Crippen LogP contribution in [0.15, 0.2) is 54.7 Å². The van der Waals surface area contributed by atoms with Crippen LogP contribution in [0.3, 0.4) is 0 Å². The SMILES string of the molecule is CC(=O)Nc1ccc(Nc2nccc(Nc3ccc4c(c3)OCCO4)n2)cc1. The monoisotopic (exact) mass is 377 g/mol. The zero-order valence-electron chi connectivity index (χ0n) is 15.2. The summed E-state index contributed by atoms with van der Waals surface area (Å²) < 4.78 is 11.1. The van der Waals surface area contributed by atoms with Gasteiger partial charge in [0.25, 0.3) is 0 Å². The summed E-state index contributed by atoms with van der Waals surface area (Å²) in [5.41, 5.74) is 2.38. The summed E-state index contributed by atoms with van der Waals surface area (Å²) in [6.45, 7) is 2.57. The minimum atomic E-state index is -0.109. The number of fused-ring (bicyclic) bond motifs is 1. The predicted molar refractivity (Wildman–Crippen MR) is 107 cm³/mol. The smallest absolute Gasteiger partial charge is 0.229 e. The first kappa shape index (κ1) is 17.6. The van der Waals surface area contributed by atoms with Crippen LogP contribution in [0.5, 0.6) is 11.5 Å². The lowest BCUT2D eigenvalue weighted by Gasteiger charge is -2.19. The van der Waals surface area contributed by atoms with E-state index in [0.29, 0.717) is 30.7 Å². The van der Waals surface area contributed by atoms with Gasteiger partial charge in [-0.3, -0.25) is 4.79 Å². The second kappa shape index (κ2) is 7.83. The minimum absolute atomic E-state index is 0.109. The number of aromatic nitrogens is 2. The molecule has 0 saturated heterocycles. The normalized spacial score (nSPS) is 12.2. The van der Waals surface area contributed by atoms with Crippen LogP contribution in [-0.2, 0) is 4.79 Å². The quantitative estimate of drug-likeness (QED) is 0.624. The van der Waals surface area contributed by atoms with Crippen molar-refractivity contribution < 1.29 is 14.3 Å². The highest BCUT2D eigenvalue weighted by molar-refractivity contribution is 5.88. The van der Waals surface area contributed by atoms with E-state index in [1.54, 1.807) is 24.4 Å². The maximum atomic E-state index is 11.1. The fourth-order valence-corrected chi connectivity index (χ4v) is 2.73. The third-order valence-electron chi connectivity index (χ3n) is 3.93. The van der Waals surface area contributed by atoms with E-state index in [0.717, 1.165) is 22.8 Å². The van der Waals surface area contributed by atoms with E-state index in [-0.39, 0.29) is 5.91 Å². The predicted octanol–water partition coefficient (Wildman–Crippen LogP) is 3.69. The first-order chi connectivity index (χ1) is 13.7. The fraction of sp³-hybridized carbons (Fsp3) is 0.150. The van der Waals surface area contributed by atoms with Gasteiger partial charge in [0.15, 0.2) is 11.5 Å². The summed E-state index contributed by atoms with van der Waals surface area (Å²) in [5.74, 6) is 2.44. The maximum Gasteiger partial charge on any atom is 0.229 e. The fourth-order valence-electron chi connectivity index (χ4n) is 2.73. The molecule has 142 valence electrons. The van der Waals surface area contributed by atoms with Crippen LogP contribution in [0.4, 0.5) is 28.8 Å². The van der Waals surface area contributed by atoms with Crippen molar-refractivity contribution in [2.75, 3.05) is 29.2 Å². The molecular formula is C20H19N5O3. The first-order valence-electron chi connectivity index (χ1n) is 8.80. The molecule has 8 heteroatoms. The lowest BCUT2D eigenvalue weighted by atomic mass is 10.2. The van der Waals surface area contributed by atoms with E-state index in [1.165, 1.54) is 6.92 Å². The number of ether oxygens (including phenoxy) is 2. The summed E-state index contributed by atoms with van der Waals surface area (Å²) in [7, 11) is 0. The van der Waals surface area contributed by atoms with Crippen molar-refractivity contribution in [3.05, 3.63) is 54.7 Å². The third-order valence-corrected chi connectivity index (χ3v) is 3.93. The Morgan fingerprint density at radius 1 is 0.893 bits per heavy atom. The minimum Gasteiger partial charge on any atom is -0.486 e. The highest BCUT2D eigenvalue weighted by atomic mass is 16.6. The van der Waals surface area contributed by atoms with Crippen LogP contribution in [-0.4, -0.2) is 29.1 Å². The molecule has 1 aliphatic rings. The number of hydrogen-bond acceptors (Lipinski definition) is 7. The summed E-state index contributed by atoms with van der Waals surface area (Å²) in [6.07, 6.45) is 1.67. The average Bonchev–Trinajstić information content (AvgIpc) is 2.69. The number of rotatable bonds is 5. The van der Waals surface area contributed by atoms with E-state index in [4.69, 9.17) is 9.47 Å². The molecule has 28 heavy (non-hydrogen) atoms. The molecule has 0 spiro atoms. The van der Waals surface area contributed by atoms with Gasteiger partial charge in [0.05, 0.1) is 0 Å². The summed E-state index contributed by atoms with van der Waals surface area (Å²) in [4.78, 5) is 19.8. The van der Waals surface area contributed by atoms with Gasteiger partial charge in [0, 0.05) is 36.2 Å². The van der Waals surface area contributed by atoms with E-state index in [9.17, 15) is 4.79 Å². The molecule has 0 fully saturated rings. The van der Waals surface area contributed by atoms with Gasteiger partial charge >= 0.3 is 0 Å². The molecule has 2 heterocycles. The van der Waals surface area contributed by atoms with Crippen molar-refractivity contribution in [2.24, 2.45) is 0 Å². The average molecular weight is 377 g/mol. The lowest BCUT2D eigenvalue weighted by Crippen LogP contribution is -2.15. The molecule has 0 aliphatic carbocycles. The molecule has 1 amide bonds. The Bertz CT molecular complexity index is 991. The summed E-state index contributed by atoms with van der Waals surface area (Å²) in [6, 6.07) is 14.7. The van der Waals surface area contributed by atoms with Gasteiger partial charge in [-0.05, 0) is 42.5 Å². The van der Waals surface area contributed by atoms with Crippen LogP contribution >= 0.6 is 0 Å². The van der Waals surface area contributed by atoms with Crippen LogP contribution in [0.25, 0.3) is 0 Å². The molecule has 2 aromatic carbocycles. The van der Waals surface area contributed by atoms with Crippen LogP contribution in [0, 0.1) is 0 Å². The summed E-state index contributed by atoms with van der Waals surface area (Å²) >= 11 is 0. The van der Waals surface area contributed by atoms with Crippen LogP contribution in [0.2, 0.25) is 0 Å². The standard InChI is InChI=1S/C20H19N5O3/c1-13(26)22-14-2-4-15(5-3-14)24-20-21-9-8-19(25-20)23-16-6-7-17-18(12-16)28-11-10-27-17/h2-9,12H,10-11H2,1H3,(H,22,26)(H2,21,23,24,25). The van der Waals surface area contributed by atoms with Gasteiger partial charge < -0.3 is 25.4 Å². The van der Waals surface area contributed by atoms with Gasteiger partial charge in [0.2, 0.25) is 11.9 Å². The Morgan fingerprint density at radius 3 is 2.39 bits per heavy atom. The molecule has 0 atom stereocenters. The highest BCUT2D eigenvalue weighted by Gasteiger charge is 2.12. The van der Waals surface area contributed by atoms with E-state index >= 15 is 0 Å². The van der Waals surface area contributed by atoms with Gasteiger partial charge in [-0.2, -0.15) is 4.98 Å². The second-order valence-electron chi connectivity index (χ2n) is 6.13. The molecule has 1 aromatic heterocycles. The van der Waals surface area contributed by atoms with Crippen molar-refractivity contribution in [1.29, 1.82) is 0 Å². The number of nitrogens with zero attached hydrogens (tertiary/aromatic N) is 2. The van der Waals surface area contributed by atoms with Crippen LogP contribution in [0.1, 0.15) is 6.92 Å². The number of carbonyl (C=O) groups excluding carboxylic acids is 1. The molecule has 4 rings (SSSR count). The van der Waals surface area contributed by atoms with Gasteiger partial charge in [-0.15, -0.1) is 0 Å². The van der Waals surface area contributed by atoms with E-state index < -0.39 is 0 Å². The van der Waals surface area contributed by atoms with Crippen molar-refractivity contribution in [3.8, 4) is 11.5 Å². The Labute approximate surface area is 161 Å². The molecule has 8 nitrogen and oxygen atoms in total. The summed E-state index contributed by atoms with van der Waals surface area (Å²) in [5, 5.41) is 9.10. The molecule has 3 N–H and O–H groups in total. The van der Waals surface area contributed by atoms with Gasteiger partial charge in [0.1, 0.15) is 19.0 Å². The maximum absolute atomic E-state index is 11.1. The van der Waals surface area contributed by atoms with Crippen molar-refractivity contribution in [1.82, 2.24) is 9.97 Å². The first-order valence-corrected chi connectivity index (χ1v) is 8.80. The van der Waals surface area contributed by atoms with E-state index in [2.05, 4.69) is 25.9 Å². The topological polar surface area (TPSA) is 97.4 Å². The Kier molecular flexibility index (Phi) is 4.92. The number of carbonyl (C=O) groups is 1. The number of hydrogen-bond donors (Lipinski definition) is 3. The third kappa shape index (κ3) is 4.29. The van der Waals surface area contributed by atoms with Crippen molar-refractivity contribution >= 4 is 34.7 Å². The number of benzene rings is 2. The Hall–Kier alpha value is -3.81. The molecule has 0 bridgehead atoms. The molecule has 1 aliphatic heterocycles. The Morgan fingerprint density at radius 2 is 1.61 bits per heavy atom. The molecular weight excluding hydrogens is 358 g/mol. The molecule has 0 unspecified atom stereocenters. The highest BCUT2D eigenvalue weighted by Crippen LogP contribution is 2.33. The molecule has 0 radical (unpaired) electrons. The van der Waals surface area contributed by atoms with E-state index in [1.807, 2.05) is 30.3 Å². The molecule has 0 saturated carbocycles. The number of anilines is 5. The van der Waals surface area contributed by atoms with Gasteiger partial charge in [-0.1, -0.05) is 0 Å². The largest absolute Gasteiger partial charge is 0.486 e. The number of amides is 1. The molecule has 3 aromatic rings. The van der Waals surface area contributed by atoms with Gasteiger partial charge in [-0.25, -0.2) is 4.98 Å². The zero-order valence-corrected chi connectivity index (χ0v) is 15.2. The number of nitrogens with one attached hydrogen (secondary N) is 3. The second-order valence-corrected chi connectivity index (χ2v) is 6.13. The van der Waals surface area contributed by atoms with Crippen molar-refractivity contribution in [2.45, 2.75) is 6.92 Å². The van der Waals surface area contributed by atoms with Crippen LogP contribution < -0.4 is 25.4 Å². The lowest BCUT2D eigenvalue weighted by molar-refractivity contribution is -0.114. The zero-order chi connectivity index (χ0) is 19.3. The van der Waals surface area contributed by atoms with Crippen molar-refractivity contribution in [3.63, 3.8) is 0 Å². The Balaban J connectivity index is 1.45.